The molecule has 0 saturated carbocycles. The van der Waals surface area contributed by atoms with Gasteiger partial charge in [0.1, 0.15) is 0 Å². The molecule has 82 valence electrons. The van der Waals surface area contributed by atoms with Crippen LogP contribution in [0.25, 0.3) is 0 Å². The number of rotatable bonds is 2. The van der Waals surface area contributed by atoms with E-state index in [-0.39, 0.29) is 11.0 Å². The third-order valence-electron chi connectivity index (χ3n) is 1.94. The van der Waals surface area contributed by atoms with E-state index in [2.05, 4.69) is 0 Å². The summed E-state index contributed by atoms with van der Waals surface area (Å²) in [5.74, 6) is 0. The van der Waals surface area contributed by atoms with Gasteiger partial charge in [0.2, 0.25) is 0 Å². The van der Waals surface area contributed by atoms with E-state index in [0.29, 0.717) is 5.56 Å². The highest BCUT2D eigenvalue weighted by Gasteiger charge is 2.31. The molecule has 0 aliphatic carbocycles. The minimum atomic E-state index is -4.58. The highest BCUT2D eigenvalue weighted by atomic mass is 19.4. The summed E-state index contributed by atoms with van der Waals surface area (Å²) in [7, 11) is 0. The summed E-state index contributed by atoms with van der Waals surface area (Å²) >= 11 is 0. The monoisotopic (exact) mass is 217 g/mol. The number of alkyl halides is 3. The molecule has 1 atom stereocenters. The zero-order chi connectivity index (χ0) is 11.5. The van der Waals surface area contributed by atoms with Gasteiger partial charge in [-0.2, -0.15) is 13.2 Å². The van der Waals surface area contributed by atoms with E-state index < -0.39 is 12.2 Å². The van der Waals surface area contributed by atoms with Gasteiger partial charge in [-0.1, -0.05) is 30.3 Å². The molecule has 0 N–H and O–H groups in total. The maximum absolute atomic E-state index is 11.9. The molecule has 1 aromatic carbocycles. The number of hydrogen-bond acceptors (Lipinski definition) is 1. The summed E-state index contributed by atoms with van der Waals surface area (Å²) in [6.45, 7) is 1.42. The number of hydrogen-bond donors (Lipinski definition) is 0. The first-order valence-corrected chi connectivity index (χ1v) is 4.33. The lowest BCUT2D eigenvalue weighted by molar-refractivity contribution is -0.505. The molecule has 0 heterocycles. The second kappa shape index (κ2) is 4.33. The Morgan fingerprint density at radius 3 is 2.27 bits per heavy atom. The predicted octanol–water partition coefficient (Wildman–Crippen LogP) is 2.89. The molecular formula is C10H10F3NO. The predicted molar refractivity (Wildman–Crippen MR) is 50.6 cm³/mol. The molecule has 2 nitrogen and oxygen atoms in total. The average molecular weight is 217 g/mol. The highest BCUT2D eigenvalue weighted by molar-refractivity contribution is 5.58. The third kappa shape index (κ3) is 3.61. The number of halogens is 3. The summed E-state index contributed by atoms with van der Waals surface area (Å²) in [6.07, 6.45) is -4.85. The SMILES string of the molecule is C[C@@H](c1ccccc1)/[N+]([O-])=C/C(F)(F)F. The van der Waals surface area contributed by atoms with Crippen molar-refractivity contribution in [1.29, 1.82) is 0 Å². The average Bonchev–Trinajstić information content (AvgIpc) is 2.15. The Bertz CT molecular complexity index is 345. The smallest absolute Gasteiger partial charge is 0.470 e. The van der Waals surface area contributed by atoms with Crippen molar-refractivity contribution in [1.82, 2.24) is 0 Å². The maximum Gasteiger partial charge on any atom is 0.470 e. The summed E-state index contributed by atoms with van der Waals surface area (Å²) in [5, 5.41) is 11.1. The van der Waals surface area contributed by atoms with Crippen molar-refractivity contribution in [3.05, 3.63) is 41.1 Å². The molecule has 0 unspecified atom stereocenters. The lowest BCUT2D eigenvalue weighted by Crippen LogP contribution is -2.21. The van der Waals surface area contributed by atoms with Gasteiger partial charge < -0.3 is 5.21 Å². The van der Waals surface area contributed by atoms with Crippen LogP contribution < -0.4 is 0 Å². The second-order valence-corrected chi connectivity index (χ2v) is 3.12. The Hall–Kier alpha value is -1.52. The molecule has 0 amide bonds. The van der Waals surface area contributed by atoms with Crippen LogP contribution in [0, 0.1) is 5.21 Å². The van der Waals surface area contributed by atoms with Gasteiger partial charge in [-0.3, -0.25) is 0 Å². The molecule has 5 heteroatoms. The molecule has 0 fully saturated rings. The third-order valence-corrected chi connectivity index (χ3v) is 1.94. The van der Waals surface area contributed by atoms with Gasteiger partial charge in [0, 0.05) is 12.5 Å². The highest BCUT2D eigenvalue weighted by Crippen LogP contribution is 2.17. The summed E-state index contributed by atoms with van der Waals surface area (Å²) < 4.78 is 35.6. The second-order valence-electron chi connectivity index (χ2n) is 3.12. The van der Waals surface area contributed by atoms with Gasteiger partial charge in [0.25, 0.3) is 6.21 Å². The zero-order valence-electron chi connectivity index (χ0n) is 8.03. The first kappa shape index (κ1) is 11.6. The van der Waals surface area contributed by atoms with Crippen molar-refractivity contribution >= 4 is 6.21 Å². The van der Waals surface area contributed by atoms with Crippen LogP contribution in [0.15, 0.2) is 30.3 Å². The minimum absolute atomic E-state index is 0.0880. The van der Waals surface area contributed by atoms with Crippen molar-refractivity contribution in [2.45, 2.75) is 19.1 Å². The molecule has 1 aromatic rings. The van der Waals surface area contributed by atoms with Gasteiger partial charge >= 0.3 is 6.18 Å². The molecule has 15 heavy (non-hydrogen) atoms. The summed E-state index contributed by atoms with van der Waals surface area (Å²) in [6, 6.07) is 7.46. The van der Waals surface area contributed by atoms with Gasteiger partial charge in [0.15, 0.2) is 6.04 Å². The summed E-state index contributed by atoms with van der Waals surface area (Å²) in [5.41, 5.74) is 0.549. The van der Waals surface area contributed by atoms with Crippen LogP contribution in [0.1, 0.15) is 18.5 Å². The Morgan fingerprint density at radius 2 is 1.80 bits per heavy atom. The van der Waals surface area contributed by atoms with E-state index in [1.165, 1.54) is 6.92 Å². The van der Waals surface area contributed by atoms with E-state index in [1.54, 1.807) is 30.3 Å². The largest absolute Gasteiger partial charge is 0.623 e. The maximum atomic E-state index is 11.9. The van der Waals surface area contributed by atoms with Gasteiger partial charge in [-0.25, -0.2) is 4.74 Å². The van der Waals surface area contributed by atoms with Crippen LogP contribution in [0.3, 0.4) is 0 Å². The fourth-order valence-electron chi connectivity index (χ4n) is 1.13. The van der Waals surface area contributed by atoms with Crippen LogP contribution >= 0.6 is 0 Å². The van der Waals surface area contributed by atoms with Crippen molar-refractivity contribution in [3.63, 3.8) is 0 Å². The van der Waals surface area contributed by atoms with Crippen LogP contribution in [0.2, 0.25) is 0 Å². The normalized spacial score (nSPS) is 15.1. The van der Waals surface area contributed by atoms with E-state index in [1.807, 2.05) is 0 Å². The first-order valence-electron chi connectivity index (χ1n) is 4.33. The Balaban J connectivity index is 2.87. The van der Waals surface area contributed by atoms with E-state index in [9.17, 15) is 18.4 Å². The first-order chi connectivity index (χ1) is 6.90. The Labute approximate surface area is 85.2 Å². The molecular weight excluding hydrogens is 207 g/mol. The van der Waals surface area contributed by atoms with E-state index in [0.717, 1.165) is 0 Å². The van der Waals surface area contributed by atoms with E-state index in [4.69, 9.17) is 0 Å². The van der Waals surface area contributed by atoms with Gasteiger partial charge in [-0.15, -0.1) is 0 Å². The van der Waals surface area contributed by atoms with Crippen LogP contribution in [0.4, 0.5) is 13.2 Å². The molecule has 0 aliphatic rings. The standard InChI is InChI=1S/C10H10F3NO/c1-8(9-5-3-2-4-6-9)14(15)7-10(11,12)13/h2-8H,1H3/b14-7-/t8-/m0/s1. The Morgan fingerprint density at radius 1 is 1.27 bits per heavy atom. The molecule has 0 spiro atoms. The zero-order valence-corrected chi connectivity index (χ0v) is 8.03. The van der Waals surface area contributed by atoms with Crippen molar-refractivity contribution in [2.75, 3.05) is 0 Å². The van der Waals surface area contributed by atoms with Crippen LogP contribution in [-0.4, -0.2) is 17.1 Å². The number of hydroxylamine groups is 1. The molecule has 0 radical (unpaired) electrons. The van der Waals surface area contributed by atoms with Crippen LogP contribution in [0.5, 0.6) is 0 Å². The number of benzene rings is 1. The summed E-state index contributed by atoms with van der Waals surface area (Å²) in [4.78, 5) is 0. The van der Waals surface area contributed by atoms with Gasteiger partial charge in [-0.05, 0) is 0 Å². The van der Waals surface area contributed by atoms with Gasteiger partial charge in [0.05, 0.1) is 0 Å². The number of nitrogens with zero attached hydrogens (tertiary/aromatic N) is 1. The minimum Gasteiger partial charge on any atom is -0.623 e. The van der Waals surface area contributed by atoms with Crippen molar-refractivity contribution in [2.24, 2.45) is 0 Å². The lowest BCUT2D eigenvalue weighted by Gasteiger charge is -2.13. The fraction of sp³-hybridized carbons (Fsp3) is 0.300. The lowest BCUT2D eigenvalue weighted by atomic mass is 10.1. The quantitative estimate of drug-likeness (QED) is 0.324. The van der Waals surface area contributed by atoms with Crippen molar-refractivity contribution < 1.29 is 17.9 Å². The Kier molecular flexibility index (Phi) is 3.34. The fourth-order valence-corrected chi connectivity index (χ4v) is 1.13. The van der Waals surface area contributed by atoms with Crippen LogP contribution in [-0.2, 0) is 0 Å². The van der Waals surface area contributed by atoms with E-state index >= 15 is 0 Å². The molecule has 0 aromatic heterocycles. The topological polar surface area (TPSA) is 26.1 Å². The molecule has 0 aliphatic heterocycles. The molecule has 0 saturated heterocycles. The molecule has 0 bridgehead atoms. The molecule has 1 rings (SSSR count). The van der Waals surface area contributed by atoms with Crippen molar-refractivity contribution in [3.8, 4) is 0 Å².